The van der Waals surface area contributed by atoms with Crippen molar-refractivity contribution < 1.29 is 4.74 Å². The Labute approximate surface area is 99.7 Å². The Balaban J connectivity index is 2.32. The Morgan fingerprint density at radius 3 is 2.59 bits per heavy atom. The minimum Gasteiger partial charge on any atom is -0.384 e. The van der Waals surface area contributed by atoms with E-state index in [9.17, 15) is 0 Å². The van der Waals surface area contributed by atoms with Gasteiger partial charge in [-0.1, -0.05) is 30.3 Å². The smallest absolute Gasteiger partial charge is 0.223 e. The van der Waals surface area contributed by atoms with E-state index in [-0.39, 0.29) is 5.95 Å². The number of ether oxygens (including phenoxy) is 1. The molecular formula is C12H14N4O. The van der Waals surface area contributed by atoms with Crippen LogP contribution in [0, 0.1) is 0 Å². The fourth-order valence-corrected chi connectivity index (χ4v) is 1.46. The van der Waals surface area contributed by atoms with Crippen LogP contribution in [-0.2, 0) is 11.2 Å². The van der Waals surface area contributed by atoms with Gasteiger partial charge in [0.1, 0.15) is 5.82 Å². The van der Waals surface area contributed by atoms with Crippen LogP contribution in [0.25, 0.3) is 11.4 Å². The van der Waals surface area contributed by atoms with Crippen molar-refractivity contribution in [2.45, 2.75) is 6.42 Å². The van der Waals surface area contributed by atoms with Crippen molar-refractivity contribution in [2.75, 3.05) is 19.5 Å². The number of nitrogens with two attached hydrogens (primary N) is 1. The van der Waals surface area contributed by atoms with Crippen LogP contribution in [-0.4, -0.2) is 28.7 Å². The van der Waals surface area contributed by atoms with Gasteiger partial charge in [0.15, 0.2) is 5.82 Å². The summed E-state index contributed by atoms with van der Waals surface area (Å²) in [5, 5.41) is 0. The molecule has 0 bridgehead atoms. The average molecular weight is 230 g/mol. The molecule has 2 rings (SSSR count). The molecular weight excluding hydrogens is 216 g/mol. The molecule has 0 amide bonds. The lowest BCUT2D eigenvalue weighted by Gasteiger charge is -2.04. The number of benzene rings is 1. The van der Waals surface area contributed by atoms with Crippen LogP contribution in [0.2, 0.25) is 0 Å². The predicted molar refractivity (Wildman–Crippen MR) is 65.3 cm³/mol. The van der Waals surface area contributed by atoms with E-state index in [2.05, 4.69) is 15.0 Å². The first-order valence-corrected chi connectivity index (χ1v) is 5.34. The molecule has 5 nitrogen and oxygen atoms in total. The van der Waals surface area contributed by atoms with Gasteiger partial charge in [-0.25, -0.2) is 4.98 Å². The summed E-state index contributed by atoms with van der Waals surface area (Å²) < 4.78 is 4.99. The number of methoxy groups -OCH3 is 1. The summed E-state index contributed by atoms with van der Waals surface area (Å²) in [5.41, 5.74) is 6.60. The van der Waals surface area contributed by atoms with E-state index in [1.165, 1.54) is 0 Å². The zero-order chi connectivity index (χ0) is 12.1. The molecule has 2 aromatic rings. The van der Waals surface area contributed by atoms with Gasteiger partial charge in [-0.05, 0) is 0 Å². The molecule has 0 aliphatic heterocycles. The third-order valence-electron chi connectivity index (χ3n) is 2.26. The zero-order valence-electron chi connectivity index (χ0n) is 9.63. The van der Waals surface area contributed by atoms with Gasteiger partial charge in [0.05, 0.1) is 6.61 Å². The van der Waals surface area contributed by atoms with Gasteiger partial charge in [0.25, 0.3) is 0 Å². The van der Waals surface area contributed by atoms with Gasteiger partial charge >= 0.3 is 0 Å². The van der Waals surface area contributed by atoms with Crippen LogP contribution in [0.15, 0.2) is 30.3 Å². The Morgan fingerprint density at radius 2 is 1.88 bits per heavy atom. The highest BCUT2D eigenvalue weighted by atomic mass is 16.5. The van der Waals surface area contributed by atoms with E-state index in [1.807, 2.05) is 30.3 Å². The van der Waals surface area contributed by atoms with Crippen LogP contribution in [0.1, 0.15) is 5.82 Å². The SMILES string of the molecule is COCCc1nc(N)nc(-c2ccccc2)n1. The third-order valence-corrected chi connectivity index (χ3v) is 2.26. The second kappa shape index (κ2) is 5.36. The molecule has 0 saturated heterocycles. The summed E-state index contributed by atoms with van der Waals surface area (Å²) in [6.07, 6.45) is 0.628. The Morgan fingerprint density at radius 1 is 1.12 bits per heavy atom. The lowest BCUT2D eigenvalue weighted by atomic mass is 10.2. The standard InChI is InChI=1S/C12H14N4O/c1-17-8-7-10-14-11(16-12(13)15-10)9-5-3-2-4-6-9/h2-6H,7-8H2,1H3,(H2,13,14,15,16). The molecule has 0 fully saturated rings. The molecule has 2 N–H and O–H groups in total. The Kier molecular flexibility index (Phi) is 3.62. The number of nitrogen functional groups attached to an aromatic ring is 1. The first-order chi connectivity index (χ1) is 8.29. The number of rotatable bonds is 4. The fraction of sp³-hybridized carbons (Fsp3) is 0.250. The van der Waals surface area contributed by atoms with Gasteiger partial charge in [-0.3, -0.25) is 0 Å². The lowest BCUT2D eigenvalue weighted by molar-refractivity contribution is 0.200. The van der Waals surface area contributed by atoms with E-state index < -0.39 is 0 Å². The molecule has 5 heteroatoms. The zero-order valence-corrected chi connectivity index (χ0v) is 9.63. The summed E-state index contributed by atoms with van der Waals surface area (Å²) in [5.74, 6) is 1.49. The second-order valence-corrected chi connectivity index (χ2v) is 3.54. The number of hydrogen-bond donors (Lipinski definition) is 1. The highest BCUT2D eigenvalue weighted by molar-refractivity contribution is 5.55. The van der Waals surface area contributed by atoms with Crippen molar-refractivity contribution in [1.82, 2.24) is 15.0 Å². The minimum absolute atomic E-state index is 0.241. The maximum absolute atomic E-state index is 5.67. The van der Waals surface area contributed by atoms with Gasteiger partial charge < -0.3 is 10.5 Å². The maximum Gasteiger partial charge on any atom is 0.223 e. The molecule has 1 heterocycles. The molecule has 0 atom stereocenters. The van der Waals surface area contributed by atoms with Crippen LogP contribution in [0.5, 0.6) is 0 Å². The number of aromatic nitrogens is 3. The van der Waals surface area contributed by atoms with Crippen molar-refractivity contribution in [3.63, 3.8) is 0 Å². The summed E-state index contributed by atoms with van der Waals surface area (Å²) in [6.45, 7) is 0.567. The van der Waals surface area contributed by atoms with Crippen LogP contribution in [0.3, 0.4) is 0 Å². The maximum atomic E-state index is 5.67. The molecule has 1 aromatic heterocycles. The predicted octanol–water partition coefficient (Wildman–Crippen LogP) is 1.31. The van der Waals surface area contributed by atoms with Crippen molar-refractivity contribution >= 4 is 5.95 Å². The first-order valence-electron chi connectivity index (χ1n) is 5.34. The van der Waals surface area contributed by atoms with E-state index in [0.29, 0.717) is 24.7 Å². The largest absolute Gasteiger partial charge is 0.384 e. The van der Waals surface area contributed by atoms with Gasteiger partial charge in [0.2, 0.25) is 5.95 Å². The highest BCUT2D eigenvalue weighted by Crippen LogP contribution is 2.14. The van der Waals surface area contributed by atoms with Crippen LogP contribution >= 0.6 is 0 Å². The molecule has 88 valence electrons. The monoisotopic (exact) mass is 230 g/mol. The van der Waals surface area contributed by atoms with Gasteiger partial charge in [0, 0.05) is 19.1 Å². The molecule has 0 spiro atoms. The van der Waals surface area contributed by atoms with Crippen LogP contribution < -0.4 is 5.73 Å². The normalized spacial score (nSPS) is 10.4. The van der Waals surface area contributed by atoms with Crippen molar-refractivity contribution in [3.05, 3.63) is 36.2 Å². The third kappa shape index (κ3) is 2.98. The molecule has 0 radical (unpaired) electrons. The molecule has 0 unspecified atom stereocenters. The van der Waals surface area contributed by atoms with E-state index in [0.717, 1.165) is 5.56 Å². The molecule has 0 aliphatic rings. The average Bonchev–Trinajstić information content (AvgIpc) is 2.37. The molecule has 0 saturated carbocycles. The highest BCUT2D eigenvalue weighted by Gasteiger charge is 2.06. The number of hydrogen-bond acceptors (Lipinski definition) is 5. The molecule has 0 aliphatic carbocycles. The minimum atomic E-state index is 0.241. The molecule has 1 aromatic carbocycles. The Bertz CT molecular complexity index is 487. The van der Waals surface area contributed by atoms with Gasteiger partial charge in [-0.2, -0.15) is 9.97 Å². The van der Waals surface area contributed by atoms with Crippen LogP contribution in [0.4, 0.5) is 5.95 Å². The summed E-state index contributed by atoms with van der Waals surface area (Å²) in [4.78, 5) is 12.6. The first kappa shape index (κ1) is 11.5. The van der Waals surface area contributed by atoms with Crippen molar-refractivity contribution in [1.29, 1.82) is 0 Å². The van der Waals surface area contributed by atoms with Crippen molar-refractivity contribution in [2.24, 2.45) is 0 Å². The summed E-state index contributed by atoms with van der Waals surface area (Å²) >= 11 is 0. The molecule has 17 heavy (non-hydrogen) atoms. The van der Waals surface area contributed by atoms with Gasteiger partial charge in [-0.15, -0.1) is 0 Å². The van der Waals surface area contributed by atoms with Crippen molar-refractivity contribution in [3.8, 4) is 11.4 Å². The second-order valence-electron chi connectivity index (χ2n) is 3.54. The van der Waals surface area contributed by atoms with E-state index in [4.69, 9.17) is 10.5 Å². The Hall–Kier alpha value is -2.01. The fourth-order valence-electron chi connectivity index (χ4n) is 1.46. The quantitative estimate of drug-likeness (QED) is 0.857. The summed E-state index contributed by atoms with van der Waals surface area (Å²) in [7, 11) is 1.64. The summed E-state index contributed by atoms with van der Waals surface area (Å²) in [6, 6.07) is 9.69. The number of nitrogens with zero attached hydrogens (tertiary/aromatic N) is 3. The topological polar surface area (TPSA) is 73.9 Å². The van der Waals surface area contributed by atoms with E-state index >= 15 is 0 Å². The lowest BCUT2D eigenvalue weighted by Crippen LogP contribution is -2.07. The number of anilines is 1. The van der Waals surface area contributed by atoms with E-state index in [1.54, 1.807) is 7.11 Å².